The van der Waals surface area contributed by atoms with Gasteiger partial charge in [-0.2, -0.15) is 8.42 Å². The van der Waals surface area contributed by atoms with Crippen LogP contribution in [0.3, 0.4) is 0 Å². The number of rotatable bonds is 13. The largest absolute Gasteiger partial charge is 0.448 e. The van der Waals surface area contributed by atoms with E-state index in [0.29, 0.717) is 28.7 Å². The van der Waals surface area contributed by atoms with Gasteiger partial charge in [-0.1, -0.05) is 102 Å². The number of nitrogens with two attached hydrogens (primary N) is 1. The summed E-state index contributed by atoms with van der Waals surface area (Å²) < 4.78 is 37.3. The van der Waals surface area contributed by atoms with Gasteiger partial charge in [-0.15, -0.1) is 16.9 Å². The van der Waals surface area contributed by atoms with Gasteiger partial charge in [-0.25, -0.2) is 14.3 Å². The number of fused-ring (bicyclic) bond motifs is 1. The van der Waals surface area contributed by atoms with Crippen molar-refractivity contribution in [2.75, 3.05) is 36.9 Å². The fourth-order valence-electron chi connectivity index (χ4n) is 7.38. The first-order valence-electron chi connectivity index (χ1n) is 21.0. The summed E-state index contributed by atoms with van der Waals surface area (Å²) in [5.41, 5.74) is 9.70. The number of nitrogen functional groups attached to an aromatic ring is 1. The fourth-order valence-corrected chi connectivity index (χ4v) is 10.2. The van der Waals surface area contributed by atoms with Gasteiger partial charge in [0.05, 0.1) is 4.90 Å². The molecular weight excluding hydrogens is 937 g/mol. The summed E-state index contributed by atoms with van der Waals surface area (Å²) in [6, 6.07) is 27.3. The Balaban J connectivity index is 0.000000548. The maximum atomic E-state index is 14.4. The number of aryl methyl sites for hydroxylation is 2. The van der Waals surface area contributed by atoms with Crippen LogP contribution in [0, 0.1) is 6.92 Å². The van der Waals surface area contributed by atoms with E-state index < -0.39 is 69.3 Å². The monoisotopic (exact) mass is 982 g/mol. The van der Waals surface area contributed by atoms with Crippen molar-refractivity contribution in [1.82, 2.24) is 45.5 Å². The summed E-state index contributed by atoms with van der Waals surface area (Å²) in [6.07, 6.45) is -0.793. The number of urea groups is 1. The smallest absolute Gasteiger partial charge is 0.356 e. The van der Waals surface area contributed by atoms with Crippen molar-refractivity contribution < 1.29 is 46.5 Å². The van der Waals surface area contributed by atoms with Gasteiger partial charge in [0.15, 0.2) is 6.10 Å². The summed E-state index contributed by atoms with van der Waals surface area (Å²) >= 11 is 2.64. The number of hydrogen-bond donors (Lipinski definition) is 4. The van der Waals surface area contributed by atoms with Gasteiger partial charge in [0, 0.05) is 43.9 Å². The zero-order chi connectivity index (χ0) is 48.7. The molecule has 0 saturated carbocycles. The molecule has 0 radical (unpaired) electrons. The normalized spacial score (nSPS) is 17.4. The number of benzene rings is 4. The molecule has 6 amide bonds. The number of piperazine rings is 1. The maximum Gasteiger partial charge on any atom is 0.356 e. The molecule has 0 unspecified atom stereocenters. The first kappa shape index (κ1) is 48.8. The van der Waals surface area contributed by atoms with E-state index in [2.05, 4.69) is 26.2 Å². The number of β-lactam (4-membered cyclic amide) rings is 1. The minimum absolute atomic E-state index is 0.0591. The highest BCUT2D eigenvalue weighted by Gasteiger charge is 2.55. The maximum absolute atomic E-state index is 14.4. The number of hydrogen-bond acceptors (Lipinski definition) is 15. The number of carbonyl (C=O) groups excluding carboxylic acids is 6. The van der Waals surface area contributed by atoms with Gasteiger partial charge in [-0.3, -0.25) is 33.5 Å². The molecule has 0 aliphatic carbocycles. The Bertz CT molecular complexity index is 2810. The Labute approximate surface area is 399 Å². The van der Waals surface area contributed by atoms with Crippen molar-refractivity contribution in [3.63, 3.8) is 0 Å². The summed E-state index contributed by atoms with van der Waals surface area (Å²) in [6.45, 7) is 3.93. The van der Waals surface area contributed by atoms with Crippen molar-refractivity contribution in [2.45, 2.75) is 47.5 Å². The third-order valence-electron chi connectivity index (χ3n) is 11.0. The third kappa shape index (κ3) is 11.0. The molecule has 68 heavy (non-hydrogen) atoms. The number of nitrogens with one attached hydrogen (secondary N) is 2. The summed E-state index contributed by atoms with van der Waals surface area (Å²) in [4.78, 5) is 84.8. The predicted octanol–water partition coefficient (Wildman–Crippen LogP) is 3.25. The molecule has 20 nitrogen and oxygen atoms in total. The fraction of sp³-hybridized carbons (Fsp3) is 0.267. The number of aromatic nitrogens is 4. The second kappa shape index (κ2) is 21.3. The van der Waals surface area contributed by atoms with Crippen LogP contribution in [0.4, 0.5) is 10.5 Å². The molecular formula is C45H46N10O10S3. The first-order valence-corrected chi connectivity index (χ1v) is 24.5. The van der Waals surface area contributed by atoms with Crippen molar-refractivity contribution >= 4 is 75.0 Å². The van der Waals surface area contributed by atoms with Crippen LogP contribution < -0.4 is 16.4 Å². The molecule has 354 valence electrons. The molecule has 2 fully saturated rings. The molecule has 0 bridgehead atoms. The molecule has 4 aromatic carbocycles. The van der Waals surface area contributed by atoms with Gasteiger partial charge in [-0.05, 0) is 70.8 Å². The van der Waals surface area contributed by atoms with Crippen LogP contribution in [0.1, 0.15) is 41.3 Å². The molecule has 5 N–H and O–H groups in total. The number of tetrazole rings is 1. The first-order chi connectivity index (χ1) is 32.5. The molecule has 5 aromatic rings. The van der Waals surface area contributed by atoms with Crippen LogP contribution in [0.25, 0.3) is 0 Å². The van der Waals surface area contributed by atoms with Crippen molar-refractivity contribution in [3.8, 4) is 0 Å². The molecule has 4 heterocycles. The number of carbonyl (C=O) groups is 6. The topological polar surface area (TPSA) is 269 Å². The highest BCUT2D eigenvalue weighted by atomic mass is 32.2. The van der Waals surface area contributed by atoms with E-state index in [0.717, 1.165) is 21.6 Å². The number of amides is 6. The predicted molar refractivity (Wildman–Crippen MR) is 249 cm³/mol. The Morgan fingerprint density at radius 2 is 1.56 bits per heavy atom. The van der Waals surface area contributed by atoms with Crippen molar-refractivity contribution in [3.05, 3.63) is 143 Å². The Morgan fingerprint density at radius 1 is 0.912 bits per heavy atom. The molecule has 3 atom stereocenters. The summed E-state index contributed by atoms with van der Waals surface area (Å²) in [5.74, 6) is -3.34. The molecule has 3 aliphatic rings. The van der Waals surface area contributed by atoms with Crippen LogP contribution >= 0.6 is 23.5 Å². The second-order valence-electron chi connectivity index (χ2n) is 15.5. The average molecular weight is 983 g/mol. The van der Waals surface area contributed by atoms with Gasteiger partial charge >= 0.3 is 23.8 Å². The molecule has 3 aliphatic heterocycles. The van der Waals surface area contributed by atoms with Gasteiger partial charge < -0.3 is 26.0 Å². The lowest BCUT2D eigenvalue weighted by atomic mass is 10.00. The minimum atomic E-state index is -4.02. The number of anilines is 1. The highest BCUT2D eigenvalue weighted by Crippen LogP contribution is 2.43. The number of ether oxygens (including phenoxy) is 1. The Kier molecular flexibility index (Phi) is 15.3. The third-order valence-corrected chi connectivity index (χ3v) is 14.3. The quantitative estimate of drug-likeness (QED) is 0.0329. The minimum Gasteiger partial charge on any atom is -0.448 e. The van der Waals surface area contributed by atoms with Crippen molar-refractivity contribution in [1.29, 1.82) is 0 Å². The van der Waals surface area contributed by atoms with Crippen molar-refractivity contribution in [2.24, 2.45) is 7.05 Å². The zero-order valence-electron chi connectivity index (χ0n) is 36.8. The number of likely N-dealkylation sites (N-methyl/N-ethyl adjacent to an activating group) is 1. The van der Waals surface area contributed by atoms with Gasteiger partial charge in [0.2, 0.25) is 11.1 Å². The van der Waals surface area contributed by atoms with E-state index in [-0.39, 0.29) is 35.0 Å². The van der Waals surface area contributed by atoms with E-state index in [9.17, 15) is 37.2 Å². The highest BCUT2D eigenvalue weighted by molar-refractivity contribution is 8.01. The molecule has 2 saturated heterocycles. The molecule has 1 aromatic heterocycles. The van der Waals surface area contributed by atoms with E-state index in [1.54, 1.807) is 44.3 Å². The van der Waals surface area contributed by atoms with E-state index in [4.69, 9.17) is 15.0 Å². The summed E-state index contributed by atoms with van der Waals surface area (Å²) in [5, 5.41) is 16.7. The van der Waals surface area contributed by atoms with Gasteiger partial charge in [0.1, 0.15) is 23.2 Å². The van der Waals surface area contributed by atoms with Crippen LogP contribution in [0.5, 0.6) is 0 Å². The van der Waals surface area contributed by atoms with Crippen LogP contribution in [-0.2, 0) is 45.9 Å². The lowest BCUT2D eigenvalue weighted by molar-refractivity contribution is -0.155. The lowest BCUT2D eigenvalue weighted by Gasteiger charge is -2.50. The standard InChI is InChI=1S/C38H38N10O7S2.C7H8O3S/c1-3-46-17-18-47(34(52)33(46)51)37(54)41-27(24-15-10-16-26(39)19-24)31(49)40-28-32(50)48-29(25(20-56-35(28)48)21-57-38-42-43-44-45(38)2)36(53)55-30(22-11-6-4-7-12-22)23-13-8-5-9-14-23;1-6-2-4-7(5-3-6)11(8,9)10/h4-16,19,27-28,30,35H,3,17-18,20-21,39H2,1-2H3,(H,40,49)(H,41,54);2-5H,1H3,(H,8,9,10)/t27-,28-,35-;/m1./s1. The second-order valence-corrected chi connectivity index (χ2v) is 19.0. The number of esters is 1. The Morgan fingerprint density at radius 3 is 2.15 bits per heavy atom. The molecule has 23 heteroatoms. The molecule has 8 rings (SSSR count). The van der Waals surface area contributed by atoms with E-state index in [1.807, 2.05) is 67.6 Å². The van der Waals surface area contributed by atoms with Crippen LogP contribution in [0.15, 0.2) is 131 Å². The molecule has 0 spiro atoms. The zero-order valence-corrected chi connectivity index (χ0v) is 39.2. The number of imide groups is 1. The number of nitrogens with zero attached hydrogens (tertiary/aromatic N) is 7. The number of thioether (sulfide) groups is 2. The van der Waals surface area contributed by atoms with E-state index in [1.165, 1.54) is 56.2 Å². The SMILES string of the molecule is CCN1CCN(C(=O)N[C@@H](C(=O)N[C@@H]2C(=O)N3C(C(=O)OC(c4ccccc4)c4ccccc4)=C(CSc4nnnn4C)CS[C@H]23)c2cccc(N)c2)C(=O)C1=O.Cc1ccc(S(=O)(=O)O)cc1. The Hall–Kier alpha value is -7.08. The van der Waals surface area contributed by atoms with Crippen LogP contribution in [-0.4, -0.2) is 126 Å². The average Bonchev–Trinajstić information content (AvgIpc) is 3.75. The van der Waals surface area contributed by atoms with E-state index >= 15 is 0 Å². The summed E-state index contributed by atoms with van der Waals surface area (Å²) in [7, 11) is -2.33. The van der Waals surface area contributed by atoms with Crippen LogP contribution in [0.2, 0.25) is 0 Å². The lowest BCUT2D eigenvalue weighted by Crippen LogP contribution is -2.71. The van der Waals surface area contributed by atoms with Gasteiger partial charge in [0.25, 0.3) is 16.0 Å².